The van der Waals surface area contributed by atoms with Crippen molar-refractivity contribution in [3.8, 4) is 0 Å². The lowest BCUT2D eigenvalue weighted by Gasteiger charge is -2.34. The van der Waals surface area contributed by atoms with E-state index in [4.69, 9.17) is 0 Å². The molecule has 3 fully saturated rings. The molecule has 6 aromatic rings. The van der Waals surface area contributed by atoms with Crippen LogP contribution in [0.4, 0.5) is 46.5 Å². The van der Waals surface area contributed by atoms with E-state index in [0.717, 1.165) is 112 Å². The quantitative estimate of drug-likeness (QED) is 0.0688. The van der Waals surface area contributed by atoms with Gasteiger partial charge in [-0.15, -0.1) is 0 Å². The van der Waals surface area contributed by atoms with E-state index >= 15 is 0 Å². The number of carbonyl (C=O) groups excluding carboxylic acids is 4. The zero-order chi connectivity index (χ0) is 59.3. The van der Waals surface area contributed by atoms with Crippen molar-refractivity contribution >= 4 is 59.1 Å². The van der Waals surface area contributed by atoms with Crippen LogP contribution in [0.1, 0.15) is 82.5 Å². The van der Waals surface area contributed by atoms with E-state index in [-0.39, 0.29) is 93.6 Å². The fourth-order valence-electron chi connectivity index (χ4n) is 9.97. The molecule has 432 valence electrons. The molecule has 3 aliphatic rings. The second kappa shape index (κ2) is 28.0. The topological polar surface area (TPSA) is 114 Å². The maximum absolute atomic E-state index is 13.8. The van der Waals surface area contributed by atoms with Gasteiger partial charge in [0.15, 0.2) is 58.1 Å². The summed E-state index contributed by atoms with van der Waals surface area (Å²) in [5, 5.41) is 9.27. The summed E-state index contributed by atoms with van der Waals surface area (Å²) < 4.78 is 109. The second-order valence-corrected chi connectivity index (χ2v) is 20.6. The highest BCUT2D eigenvalue weighted by Gasteiger charge is 2.31. The van der Waals surface area contributed by atoms with Crippen molar-refractivity contribution in [1.29, 1.82) is 0 Å². The molecule has 1 aliphatic heterocycles. The van der Waals surface area contributed by atoms with Gasteiger partial charge in [0.25, 0.3) is 11.8 Å². The molecule has 2 aliphatic carbocycles. The van der Waals surface area contributed by atoms with Gasteiger partial charge in [-0.05, 0) is 189 Å². The average Bonchev–Trinajstić information content (AvgIpc) is 3.68. The molecular formula is C65H62F8N6O4. The maximum atomic E-state index is 13.8. The standard InChI is InChI=1S/C33H33F4N3O2.C32H29F4N3O2/c1-3-40(4-2)14-13-38-26-9-7-23(8-10-26)33(42)39-27-19-24(15-21-5-11-28(34)30(36)17-21)32(41)25(20-27)16-22-6-12-29(35)31(37)18-22;1-38-10-12-39(13-11-38)26-6-4-22(5-7-26)32(41)37-25-18-23(14-20-2-8-27(33)29(35)16-20)31(40)24(19-25)15-21-3-9-28(34)30(36)17-21/h5-12,15-18,27,38H,3-4,13-14,19-20H2,1-2H3,(H,39,42);2-9,14-17,25H,10-13,18-19H2,1H3,(H,37,41)/b24-15+,25-16+;23-14+,24-15+. The first-order valence-corrected chi connectivity index (χ1v) is 27.3. The van der Waals surface area contributed by atoms with E-state index in [1.54, 1.807) is 24.3 Å². The Morgan fingerprint density at radius 1 is 0.482 bits per heavy atom. The Labute approximate surface area is 476 Å². The molecule has 6 aromatic carbocycles. The van der Waals surface area contributed by atoms with Crippen molar-refractivity contribution in [1.82, 2.24) is 20.4 Å². The number of hydrogen-bond donors (Lipinski definition) is 3. The first kappa shape index (κ1) is 60.6. The molecule has 3 N–H and O–H groups in total. The molecule has 0 atom stereocenters. The van der Waals surface area contributed by atoms with E-state index in [9.17, 15) is 54.3 Å². The monoisotopic (exact) mass is 1140 g/mol. The molecule has 18 heteroatoms. The Balaban J connectivity index is 0.000000217. The number of nitrogens with one attached hydrogen (secondary N) is 3. The Bertz CT molecular complexity index is 3330. The van der Waals surface area contributed by atoms with Gasteiger partial charge >= 0.3 is 0 Å². The van der Waals surface area contributed by atoms with Crippen LogP contribution in [0.5, 0.6) is 0 Å². The van der Waals surface area contributed by atoms with E-state index in [1.807, 2.05) is 24.3 Å². The van der Waals surface area contributed by atoms with Crippen LogP contribution < -0.4 is 20.9 Å². The minimum absolute atomic E-state index is 0.143. The number of amides is 2. The minimum atomic E-state index is -1.05. The van der Waals surface area contributed by atoms with Gasteiger partial charge in [-0.25, -0.2) is 35.1 Å². The summed E-state index contributed by atoms with van der Waals surface area (Å²) in [6.45, 7) is 11.6. The summed E-state index contributed by atoms with van der Waals surface area (Å²) in [6.07, 6.45) is 6.38. The molecule has 0 radical (unpaired) electrons. The number of piperazine rings is 1. The molecule has 2 saturated carbocycles. The van der Waals surface area contributed by atoms with Crippen molar-refractivity contribution in [2.45, 2.75) is 51.6 Å². The van der Waals surface area contributed by atoms with Crippen molar-refractivity contribution in [3.63, 3.8) is 0 Å². The molecule has 10 nitrogen and oxygen atoms in total. The molecule has 1 heterocycles. The van der Waals surface area contributed by atoms with Crippen LogP contribution in [0.2, 0.25) is 0 Å². The maximum Gasteiger partial charge on any atom is 0.251 e. The van der Waals surface area contributed by atoms with Crippen LogP contribution in [-0.4, -0.2) is 105 Å². The van der Waals surface area contributed by atoms with Gasteiger partial charge < -0.3 is 30.7 Å². The zero-order valence-electron chi connectivity index (χ0n) is 46.0. The third kappa shape index (κ3) is 16.4. The van der Waals surface area contributed by atoms with E-state index in [0.29, 0.717) is 11.1 Å². The zero-order valence-corrected chi connectivity index (χ0v) is 46.0. The normalized spacial score (nSPS) is 18.6. The highest BCUT2D eigenvalue weighted by atomic mass is 19.2. The lowest BCUT2D eigenvalue weighted by molar-refractivity contribution is -0.113. The van der Waals surface area contributed by atoms with Crippen LogP contribution in [-0.2, 0) is 9.59 Å². The summed E-state index contributed by atoms with van der Waals surface area (Å²) in [5.41, 5.74) is 4.99. The van der Waals surface area contributed by atoms with Crippen LogP contribution in [0, 0.1) is 46.5 Å². The molecular weight excluding hydrogens is 1080 g/mol. The summed E-state index contributed by atoms with van der Waals surface area (Å²) in [5.74, 6) is -9.68. The lowest BCUT2D eigenvalue weighted by atomic mass is 9.83. The van der Waals surface area contributed by atoms with Crippen LogP contribution >= 0.6 is 0 Å². The Morgan fingerprint density at radius 2 is 0.819 bits per heavy atom. The molecule has 2 amide bonds. The van der Waals surface area contributed by atoms with Gasteiger partial charge in [-0.2, -0.15) is 0 Å². The Hall–Kier alpha value is -8.48. The van der Waals surface area contributed by atoms with Crippen molar-refractivity contribution in [2.24, 2.45) is 0 Å². The molecule has 0 unspecified atom stereocenters. The number of Topliss-reactive ketones (excluding diaryl/α,β-unsaturated/α-hetero) is 2. The molecule has 83 heavy (non-hydrogen) atoms. The van der Waals surface area contributed by atoms with Gasteiger partial charge in [0.1, 0.15) is 0 Å². The predicted octanol–water partition coefficient (Wildman–Crippen LogP) is 12.2. The second-order valence-electron chi connectivity index (χ2n) is 20.6. The highest BCUT2D eigenvalue weighted by Crippen LogP contribution is 2.32. The third-order valence-electron chi connectivity index (χ3n) is 14.6. The van der Waals surface area contributed by atoms with Crippen LogP contribution in [0.3, 0.4) is 0 Å². The van der Waals surface area contributed by atoms with Gasteiger partial charge in [0, 0.05) is 96.1 Å². The van der Waals surface area contributed by atoms with E-state index in [1.165, 1.54) is 48.6 Å². The minimum Gasteiger partial charge on any atom is -0.384 e. The fourth-order valence-corrected chi connectivity index (χ4v) is 9.97. The Kier molecular flexibility index (Phi) is 20.4. The number of rotatable bonds is 15. The first-order chi connectivity index (χ1) is 39.8. The number of anilines is 2. The van der Waals surface area contributed by atoms with Gasteiger partial charge in [-0.1, -0.05) is 38.1 Å². The SMILES string of the molecule is CCN(CC)CCNc1ccc(C(=O)NC2C/C(=C\c3ccc(F)c(F)c3)C(=O)/C(=C/c3ccc(F)c(F)c3)C2)cc1.CN1CCN(c2ccc(C(=O)NC3C/C(=C\c4ccc(F)c(F)c4)C(=O)/C(=C/c4ccc(F)c(F)c4)C3)cc2)CC1. The predicted molar refractivity (Wildman–Crippen MR) is 307 cm³/mol. The number of nitrogens with zero attached hydrogens (tertiary/aromatic N) is 3. The molecule has 0 aromatic heterocycles. The summed E-state index contributed by atoms with van der Waals surface area (Å²) in [4.78, 5) is 59.8. The van der Waals surface area contributed by atoms with E-state index < -0.39 is 58.6 Å². The van der Waals surface area contributed by atoms with Crippen LogP contribution in [0.25, 0.3) is 24.3 Å². The van der Waals surface area contributed by atoms with Crippen molar-refractivity contribution in [3.05, 3.63) is 224 Å². The summed E-state index contributed by atoms with van der Waals surface area (Å²) >= 11 is 0. The molecule has 0 spiro atoms. The average molecular weight is 1140 g/mol. The Morgan fingerprint density at radius 3 is 1.14 bits per heavy atom. The number of halogens is 8. The third-order valence-corrected chi connectivity index (χ3v) is 14.6. The van der Waals surface area contributed by atoms with Gasteiger partial charge in [0.2, 0.25) is 0 Å². The van der Waals surface area contributed by atoms with Crippen molar-refractivity contribution < 1.29 is 54.3 Å². The highest BCUT2D eigenvalue weighted by molar-refractivity contribution is 6.15. The van der Waals surface area contributed by atoms with Crippen LogP contribution in [0.15, 0.2) is 144 Å². The first-order valence-electron chi connectivity index (χ1n) is 27.3. The number of benzene rings is 6. The number of hydrogen-bond acceptors (Lipinski definition) is 8. The van der Waals surface area contributed by atoms with Gasteiger partial charge in [0.05, 0.1) is 0 Å². The lowest BCUT2D eigenvalue weighted by Crippen LogP contribution is -2.44. The smallest absolute Gasteiger partial charge is 0.251 e. The number of ketones is 2. The van der Waals surface area contributed by atoms with Gasteiger partial charge in [-0.3, -0.25) is 19.2 Å². The van der Waals surface area contributed by atoms with E-state index in [2.05, 4.69) is 51.5 Å². The number of carbonyl (C=O) groups is 4. The molecule has 1 saturated heterocycles. The summed E-state index contributed by atoms with van der Waals surface area (Å²) in [7, 11) is 2.08. The molecule has 9 rings (SSSR count). The fraction of sp³-hybridized carbons (Fsp3) is 0.262. The summed E-state index contributed by atoms with van der Waals surface area (Å²) in [6, 6.07) is 26.6. The number of likely N-dealkylation sites (N-methyl/N-ethyl adjacent to an activating group) is 2. The molecule has 0 bridgehead atoms. The van der Waals surface area contributed by atoms with Crippen molar-refractivity contribution in [2.75, 3.05) is 69.6 Å². The largest absolute Gasteiger partial charge is 0.384 e.